The molecule has 2 rings (SSSR count). The number of aromatic nitrogens is 2. The summed E-state index contributed by atoms with van der Waals surface area (Å²) in [5, 5.41) is 4.29. The van der Waals surface area contributed by atoms with E-state index in [-0.39, 0.29) is 0 Å². The Hall–Kier alpha value is -0.350. The van der Waals surface area contributed by atoms with Crippen LogP contribution in [0.1, 0.15) is 31.7 Å². The van der Waals surface area contributed by atoms with Gasteiger partial charge in [0, 0.05) is 12.2 Å². The van der Waals surface area contributed by atoms with E-state index < -0.39 is 0 Å². The molecule has 2 atom stereocenters. The van der Waals surface area contributed by atoms with Crippen LogP contribution >= 0.6 is 15.9 Å². The molecule has 0 unspecified atom stereocenters. The Labute approximate surface area is 86.4 Å². The van der Waals surface area contributed by atoms with E-state index in [2.05, 4.69) is 21.0 Å². The van der Waals surface area contributed by atoms with Gasteiger partial charge in [0.15, 0.2) is 0 Å². The number of hydrogen-bond acceptors (Lipinski definition) is 2. The van der Waals surface area contributed by atoms with E-state index in [0.29, 0.717) is 12.1 Å². The summed E-state index contributed by atoms with van der Waals surface area (Å²) < 4.78 is 3.08. The van der Waals surface area contributed by atoms with Gasteiger partial charge in [-0.25, -0.2) is 0 Å². The van der Waals surface area contributed by atoms with Gasteiger partial charge in [0.05, 0.1) is 16.7 Å². The van der Waals surface area contributed by atoms with Crippen molar-refractivity contribution >= 4 is 15.9 Å². The van der Waals surface area contributed by atoms with E-state index in [4.69, 9.17) is 5.73 Å². The lowest BCUT2D eigenvalue weighted by atomic mass is 9.92. The minimum absolute atomic E-state index is 0.363. The van der Waals surface area contributed by atoms with Crippen molar-refractivity contribution in [3.63, 3.8) is 0 Å². The second kappa shape index (κ2) is 3.80. The molecule has 13 heavy (non-hydrogen) atoms. The van der Waals surface area contributed by atoms with Gasteiger partial charge >= 0.3 is 0 Å². The van der Waals surface area contributed by atoms with Crippen molar-refractivity contribution in [1.82, 2.24) is 9.78 Å². The molecule has 3 nitrogen and oxygen atoms in total. The van der Waals surface area contributed by atoms with Gasteiger partial charge < -0.3 is 5.73 Å². The van der Waals surface area contributed by atoms with Gasteiger partial charge in [0.25, 0.3) is 0 Å². The fraction of sp³-hybridized carbons (Fsp3) is 0.667. The molecule has 1 saturated carbocycles. The van der Waals surface area contributed by atoms with Crippen molar-refractivity contribution in [1.29, 1.82) is 0 Å². The number of nitrogens with two attached hydrogens (primary N) is 1. The Balaban J connectivity index is 2.08. The third-order valence-electron chi connectivity index (χ3n) is 2.63. The van der Waals surface area contributed by atoms with E-state index >= 15 is 0 Å². The van der Waals surface area contributed by atoms with Crippen molar-refractivity contribution in [3.05, 3.63) is 16.9 Å². The van der Waals surface area contributed by atoms with Gasteiger partial charge in [-0.3, -0.25) is 4.68 Å². The molecular weight excluding hydrogens is 230 g/mol. The highest BCUT2D eigenvalue weighted by atomic mass is 79.9. The smallest absolute Gasteiger partial charge is 0.0632 e. The third kappa shape index (κ3) is 2.11. The minimum Gasteiger partial charge on any atom is -0.328 e. The van der Waals surface area contributed by atoms with Crippen molar-refractivity contribution in [2.45, 2.75) is 37.8 Å². The quantitative estimate of drug-likeness (QED) is 0.821. The van der Waals surface area contributed by atoms with Crippen molar-refractivity contribution in [2.24, 2.45) is 5.73 Å². The molecule has 0 aliphatic heterocycles. The molecule has 0 saturated heterocycles. The monoisotopic (exact) mass is 243 g/mol. The number of halogens is 1. The van der Waals surface area contributed by atoms with Crippen LogP contribution in [0.15, 0.2) is 16.9 Å². The van der Waals surface area contributed by atoms with Gasteiger partial charge in [0.2, 0.25) is 0 Å². The molecule has 1 aromatic heterocycles. The summed E-state index contributed by atoms with van der Waals surface area (Å²) in [6.45, 7) is 0. The highest BCUT2D eigenvalue weighted by Crippen LogP contribution is 2.27. The summed E-state index contributed by atoms with van der Waals surface area (Å²) in [6, 6.07) is 0.872. The SMILES string of the molecule is N[C@H]1CCC[C@@H](n2cc(Br)cn2)C1. The maximum Gasteiger partial charge on any atom is 0.0632 e. The molecule has 0 spiro atoms. The zero-order valence-electron chi connectivity index (χ0n) is 7.49. The second-order valence-electron chi connectivity index (χ2n) is 3.72. The Morgan fingerprint density at radius 2 is 2.38 bits per heavy atom. The average molecular weight is 244 g/mol. The largest absolute Gasteiger partial charge is 0.328 e. The normalized spacial score (nSPS) is 29.1. The van der Waals surface area contributed by atoms with E-state index in [1.807, 2.05) is 17.1 Å². The molecule has 2 N–H and O–H groups in total. The predicted octanol–water partition coefficient (Wildman–Crippen LogP) is 2.09. The topological polar surface area (TPSA) is 43.8 Å². The molecule has 4 heteroatoms. The van der Waals surface area contributed by atoms with Crippen LogP contribution in [0.4, 0.5) is 0 Å². The predicted molar refractivity (Wildman–Crippen MR) is 55.4 cm³/mol. The Morgan fingerprint density at radius 1 is 1.54 bits per heavy atom. The standard InChI is InChI=1S/C9H14BrN3/c10-7-5-12-13(6-7)9-3-1-2-8(11)4-9/h5-6,8-9H,1-4,11H2/t8-,9+/m0/s1. The van der Waals surface area contributed by atoms with Crippen molar-refractivity contribution in [3.8, 4) is 0 Å². The lowest BCUT2D eigenvalue weighted by Crippen LogP contribution is -2.29. The van der Waals surface area contributed by atoms with Crippen LogP contribution in [-0.4, -0.2) is 15.8 Å². The zero-order chi connectivity index (χ0) is 9.26. The molecule has 72 valence electrons. The Morgan fingerprint density at radius 3 is 3.00 bits per heavy atom. The lowest BCUT2D eigenvalue weighted by molar-refractivity contribution is 0.300. The first-order valence-corrected chi connectivity index (χ1v) is 5.50. The number of hydrogen-bond donors (Lipinski definition) is 1. The van der Waals surface area contributed by atoms with Crippen LogP contribution in [0.3, 0.4) is 0 Å². The minimum atomic E-state index is 0.363. The lowest BCUT2D eigenvalue weighted by Gasteiger charge is -2.26. The molecule has 0 bridgehead atoms. The van der Waals surface area contributed by atoms with Crippen LogP contribution in [0.2, 0.25) is 0 Å². The number of rotatable bonds is 1. The van der Waals surface area contributed by atoms with Crippen LogP contribution in [0.5, 0.6) is 0 Å². The summed E-state index contributed by atoms with van der Waals surface area (Å²) in [5.41, 5.74) is 5.92. The molecule has 0 amide bonds. The Kier molecular flexibility index (Phi) is 2.69. The first-order chi connectivity index (χ1) is 6.25. The van der Waals surface area contributed by atoms with Gasteiger partial charge in [-0.15, -0.1) is 0 Å². The van der Waals surface area contributed by atoms with Gasteiger partial charge in [-0.2, -0.15) is 5.10 Å². The molecule has 1 aromatic rings. The van der Waals surface area contributed by atoms with E-state index in [1.54, 1.807) is 0 Å². The molecule has 1 fully saturated rings. The van der Waals surface area contributed by atoms with E-state index in [1.165, 1.54) is 19.3 Å². The van der Waals surface area contributed by atoms with Crippen LogP contribution in [-0.2, 0) is 0 Å². The molecule has 1 aliphatic carbocycles. The van der Waals surface area contributed by atoms with Gasteiger partial charge in [-0.1, -0.05) is 0 Å². The molecule has 0 aromatic carbocycles. The van der Waals surface area contributed by atoms with Crippen molar-refractivity contribution in [2.75, 3.05) is 0 Å². The van der Waals surface area contributed by atoms with Crippen molar-refractivity contribution < 1.29 is 0 Å². The highest BCUT2D eigenvalue weighted by molar-refractivity contribution is 9.10. The molecule has 0 radical (unpaired) electrons. The average Bonchev–Trinajstić information content (AvgIpc) is 2.52. The first kappa shape index (κ1) is 9.21. The van der Waals surface area contributed by atoms with E-state index in [0.717, 1.165) is 10.9 Å². The van der Waals surface area contributed by atoms with Crippen LogP contribution in [0, 0.1) is 0 Å². The fourth-order valence-electron chi connectivity index (χ4n) is 1.96. The molecule has 1 aliphatic rings. The van der Waals surface area contributed by atoms with Gasteiger partial charge in [0.1, 0.15) is 0 Å². The fourth-order valence-corrected chi connectivity index (χ4v) is 2.26. The summed E-state index contributed by atoms with van der Waals surface area (Å²) in [5.74, 6) is 0. The van der Waals surface area contributed by atoms with Gasteiger partial charge in [-0.05, 0) is 41.6 Å². The third-order valence-corrected chi connectivity index (χ3v) is 3.04. The molecule has 1 heterocycles. The summed E-state index contributed by atoms with van der Waals surface area (Å²) >= 11 is 3.40. The summed E-state index contributed by atoms with van der Waals surface area (Å²) in [7, 11) is 0. The zero-order valence-corrected chi connectivity index (χ0v) is 9.07. The summed E-state index contributed by atoms with van der Waals surface area (Å²) in [4.78, 5) is 0. The Bertz CT molecular complexity index is 284. The maximum atomic E-state index is 5.92. The highest BCUT2D eigenvalue weighted by Gasteiger charge is 2.20. The van der Waals surface area contributed by atoms with Crippen LogP contribution < -0.4 is 5.73 Å². The number of nitrogens with zero attached hydrogens (tertiary/aromatic N) is 2. The maximum absolute atomic E-state index is 5.92. The summed E-state index contributed by atoms with van der Waals surface area (Å²) in [6.07, 6.45) is 8.53. The molecular formula is C9H14BrN3. The second-order valence-corrected chi connectivity index (χ2v) is 4.63. The van der Waals surface area contributed by atoms with E-state index in [9.17, 15) is 0 Å². The first-order valence-electron chi connectivity index (χ1n) is 4.71. The van der Waals surface area contributed by atoms with Crippen LogP contribution in [0.25, 0.3) is 0 Å².